The SMILES string of the molecule is Cc1cnc(N2CCCCCCCC2)nc1-c1ncnn1C. The summed E-state index contributed by atoms with van der Waals surface area (Å²) in [7, 11) is 1.89. The zero-order valence-electron chi connectivity index (χ0n) is 13.5. The van der Waals surface area contributed by atoms with E-state index < -0.39 is 0 Å². The number of nitrogens with zero attached hydrogens (tertiary/aromatic N) is 6. The van der Waals surface area contributed by atoms with Crippen LogP contribution in [0.4, 0.5) is 5.95 Å². The highest BCUT2D eigenvalue weighted by molar-refractivity contribution is 5.56. The quantitative estimate of drug-likeness (QED) is 0.853. The molecule has 2 aromatic heterocycles. The molecule has 1 aliphatic heterocycles. The average molecular weight is 300 g/mol. The van der Waals surface area contributed by atoms with E-state index in [0.717, 1.165) is 36.1 Å². The van der Waals surface area contributed by atoms with Crippen molar-refractivity contribution in [2.24, 2.45) is 7.05 Å². The molecule has 0 radical (unpaired) electrons. The lowest BCUT2D eigenvalue weighted by Crippen LogP contribution is -2.27. The molecule has 2 aromatic rings. The first kappa shape index (κ1) is 14.9. The fraction of sp³-hybridized carbons (Fsp3) is 0.625. The molecule has 0 aliphatic carbocycles. The van der Waals surface area contributed by atoms with Crippen LogP contribution in [0.1, 0.15) is 44.1 Å². The first-order chi connectivity index (χ1) is 10.8. The van der Waals surface area contributed by atoms with Crippen molar-refractivity contribution < 1.29 is 0 Å². The first-order valence-electron chi connectivity index (χ1n) is 8.18. The molecule has 118 valence electrons. The maximum Gasteiger partial charge on any atom is 0.225 e. The van der Waals surface area contributed by atoms with Crippen LogP contribution in [0.25, 0.3) is 11.5 Å². The summed E-state index contributed by atoms with van der Waals surface area (Å²) in [5.41, 5.74) is 1.91. The molecule has 0 N–H and O–H groups in total. The molecule has 0 saturated carbocycles. The maximum absolute atomic E-state index is 4.79. The van der Waals surface area contributed by atoms with Crippen LogP contribution >= 0.6 is 0 Å². The van der Waals surface area contributed by atoms with E-state index in [1.54, 1.807) is 11.0 Å². The Morgan fingerprint density at radius 1 is 0.955 bits per heavy atom. The highest BCUT2D eigenvalue weighted by Crippen LogP contribution is 2.22. The Morgan fingerprint density at radius 3 is 2.27 bits per heavy atom. The third-order valence-electron chi connectivity index (χ3n) is 4.27. The predicted octanol–water partition coefficient (Wildman–Crippen LogP) is 2.74. The van der Waals surface area contributed by atoms with Gasteiger partial charge in [0.1, 0.15) is 12.0 Å². The van der Waals surface area contributed by atoms with Crippen molar-refractivity contribution in [1.29, 1.82) is 0 Å². The van der Waals surface area contributed by atoms with Crippen LogP contribution in [0.15, 0.2) is 12.5 Å². The second-order valence-electron chi connectivity index (χ2n) is 6.02. The number of aromatic nitrogens is 5. The summed E-state index contributed by atoms with van der Waals surface area (Å²) in [4.78, 5) is 16.0. The molecule has 0 amide bonds. The Morgan fingerprint density at radius 2 is 1.64 bits per heavy atom. The zero-order valence-corrected chi connectivity index (χ0v) is 13.5. The molecule has 3 rings (SSSR count). The van der Waals surface area contributed by atoms with E-state index in [-0.39, 0.29) is 0 Å². The van der Waals surface area contributed by atoms with Gasteiger partial charge in [0.2, 0.25) is 5.95 Å². The van der Waals surface area contributed by atoms with Gasteiger partial charge >= 0.3 is 0 Å². The van der Waals surface area contributed by atoms with Gasteiger partial charge < -0.3 is 4.90 Å². The summed E-state index contributed by atoms with van der Waals surface area (Å²) < 4.78 is 1.76. The molecule has 1 saturated heterocycles. The summed E-state index contributed by atoms with van der Waals surface area (Å²) in [5, 5.41) is 4.15. The first-order valence-corrected chi connectivity index (χ1v) is 8.18. The molecular formula is C16H24N6. The van der Waals surface area contributed by atoms with Crippen molar-refractivity contribution in [3.05, 3.63) is 18.1 Å². The third-order valence-corrected chi connectivity index (χ3v) is 4.27. The van der Waals surface area contributed by atoms with E-state index in [1.807, 2.05) is 20.2 Å². The number of aryl methyl sites for hydroxylation is 2. The van der Waals surface area contributed by atoms with E-state index >= 15 is 0 Å². The van der Waals surface area contributed by atoms with Gasteiger partial charge in [0, 0.05) is 26.3 Å². The van der Waals surface area contributed by atoms with Gasteiger partial charge in [-0.15, -0.1) is 0 Å². The van der Waals surface area contributed by atoms with Crippen molar-refractivity contribution in [3.8, 4) is 11.5 Å². The molecule has 1 fully saturated rings. The molecule has 0 atom stereocenters. The van der Waals surface area contributed by atoms with Gasteiger partial charge in [0.05, 0.1) is 0 Å². The molecule has 0 spiro atoms. The van der Waals surface area contributed by atoms with Gasteiger partial charge in [0.15, 0.2) is 5.82 Å². The monoisotopic (exact) mass is 300 g/mol. The average Bonchev–Trinajstić information content (AvgIpc) is 2.99. The summed E-state index contributed by atoms with van der Waals surface area (Å²) >= 11 is 0. The van der Waals surface area contributed by atoms with Gasteiger partial charge in [-0.2, -0.15) is 5.10 Å². The minimum Gasteiger partial charge on any atom is -0.341 e. The summed E-state index contributed by atoms with van der Waals surface area (Å²) in [6.45, 7) is 4.11. The second kappa shape index (κ2) is 6.85. The standard InChI is InChI=1S/C16H24N6/c1-13-11-17-16(20-14(13)15-18-12-19-21(15)2)22-9-7-5-3-4-6-8-10-22/h11-12H,3-10H2,1-2H3. The van der Waals surface area contributed by atoms with E-state index in [2.05, 4.69) is 20.0 Å². The predicted molar refractivity (Wildman–Crippen MR) is 86.7 cm³/mol. The summed E-state index contributed by atoms with van der Waals surface area (Å²) in [5.74, 6) is 1.62. The third kappa shape index (κ3) is 3.26. The van der Waals surface area contributed by atoms with Crippen LogP contribution in [0.3, 0.4) is 0 Å². The largest absolute Gasteiger partial charge is 0.341 e. The topological polar surface area (TPSA) is 59.7 Å². The molecule has 0 bridgehead atoms. The van der Waals surface area contributed by atoms with Gasteiger partial charge in [0.25, 0.3) is 0 Å². The number of anilines is 1. The fourth-order valence-electron chi connectivity index (χ4n) is 2.95. The lowest BCUT2D eigenvalue weighted by molar-refractivity contribution is 0.636. The molecule has 6 heteroatoms. The molecule has 3 heterocycles. The fourth-order valence-corrected chi connectivity index (χ4v) is 2.95. The summed E-state index contributed by atoms with van der Waals surface area (Å²) in [6.07, 6.45) is 11.2. The minimum atomic E-state index is 0.797. The van der Waals surface area contributed by atoms with Crippen molar-refractivity contribution in [2.75, 3.05) is 18.0 Å². The number of hydrogen-bond donors (Lipinski definition) is 0. The van der Waals surface area contributed by atoms with E-state index in [0.29, 0.717) is 0 Å². The molecule has 1 aliphatic rings. The molecular weight excluding hydrogens is 276 g/mol. The van der Waals surface area contributed by atoms with Crippen LogP contribution in [0.2, 0.25) is 0 Å². The second-order valence-corrected chi connectivity index (χ2v) is 6.02. The van der Waals surface area contributed by atoms with Crippen LogP contribution in [0, 0.1) is 6.92 Å². The normalized spacial score (nSPS) is 16.9. The summed E-state index contributed by atoms with van der Waals surface area (Å²) in [6, 6.07) is 0. The zero-order chi connectivity index (χ0) is 15.4. The smallest absolute Gasteiger partial charge is 0.225 e. The van der Waals surface area contributed by atoms with E-state index in [1.165, 1.54) is 38.5 Å². The van der Waals surface area contributed by atoms with Gasteiger partial charge in [-0.25, -0.2) is 19.6 Å². The van der Waals surface area contributed by atoms with E-state index in [4.69, 9.17) is 4.98 Å². The van der Waals surface area contributed by atoms with Gasteiger partial charge in [-0.05, 0) is 25.3 Å². The minimum absolute atomic E-state index is 0.797. The highest BCUT2D eigenvalue weighted by Gasteiger charge is 2.16. The van der Waals surface area contributed by atoms with Crippen molar-refractivity contribution in [1.82, 2.24) is 24.7 Å². The Labute approximate surface area is 131 Å². The maximum atomic E-state index is 4.79. The molecule has 0 aromatic carbocycles. The molecule has 22 heavy (non-hydrogen) atoms. The van der Waals surface area contributed by atoms with Crippen LogP contribution in [-0.4, -0.2) is 37.8 Å². The number of hydrogen-bond acceptors (Lipinski definition) is 5. The lowest BCUT2D eigenvalue weighted by atomic mass is 10.1. The van der Waals surface area contributed by atoms with Crippen LogP contribution < -0.4 is 4.90 Å². The van der Waals surface area contributed by atoms with Crippen molar-refractivity contribution >= 4 is 5.95 Å². The molecule has 0 unspecified atom stereocenters. The van der Waals surface area contributed by atoms with Gasteiger partial charge in [-0.3, -0.25) is 0 Å². The van der Waals surface area contributed by atoms with E-state index in [9.17, 15) is 0 Å². The lowest BCUT2D eigenvalue weighted by Gasteiger charge is -2.22. The van der Waals surface area contributed by atoms with Gasteiger partial charge in [-0.1, -0.05) is 25.7 Å². The van der Waals surface area contributed by atoms with Crippen LogP contribution in [-0.2, 0) is 7.05 Å². The Hall–Kier alpha value is -1.98. The van der Waals surface area contributed by atoms with Crippen molar-refractivity contribution in [2.45, 2.75) is 45.4 Å². The molecule has 6 nitrogen and oxygen atoms in total. The van der Waals surface area contributed by atoms with Crippen molar-refractivity contribution in [3.63, 3.8) is 0 Å². The van der Waals surface area contributed by atoms with Crippen LogP contribution in [0.5, 0.6) is 0 Å². The Bertz CT molecular complexity index is 611. The number of rotatable bonds is 2. The Balaban J connectivity index is 1.88. The Kier molecular flexibility index (Phi) is 4.65. The highest BCUT2D eigenvalue weighted by atomic mass is 15.3.